The number of benzene rings is 2. The molecule has 0 fully saturated rings. The molecular weight excluding hydrogens is 338 g/mol. The Bertz CT molecular complexity index is 651. The molecule has 0 aliphatic carbocycles. The van der Waals surface area contributed by atoms with Crippen molar-refractivity contribution in [2.45, 2.75) is 38.1 Å². The molecule has 0 saturated heterocycles. The molecule has 3 rings (SSSR count). The number of para-hydroxylation sites is 1. The van der Waals surface area contributed by atoms with Crippen LogP contribution in [-0.4, -0.2) is 12.6 Å². The predicted octanol–water partition coefficient (Wildman–Crippen LogP) is 5.17. The number of methoxy groups -OCH3 is 1. The molecule has 3 heteroatoms. The van der Waals surface area contributed by atoms with E-state index in [1.54, 1.807) is 7.11 Å². The molecule has 0 radical (unpaired) electrons. The van der Waals surface area contributed by atoms with Crippen LogP contribution in [0.5, 0.6) is 5.75 Å². The van der Waals surface area contributed by atoms with Crippen molar-refractivity contribution in [3.8, 4) is 5.75 Å². The third-order valence-electron chi connectivity index (χ3n) is 4.52. The Balaban J connectivity index is 0.00000176. The fourth-order valence-electron chi connectivity index (χ4n) is 3.68. The van der Waals surface area contributed by atoms with Crippen molar-refractivity contribution in [2.24, 2.45) is 0 Å². The SMILES string of the molecule is Br.COc1ccc(C2(C)CC(C)(C)Nc3ccccc32)cc1. The first-order valence-corrected chi connectivity index (χ1v) is 7.47. The molecule has 1 N–H and O–H groups in total. The van der Waals surface area contributed by atoms with E-state index in [-0.39, 0.29) is 27.9 Å². The maximum absolute atomic E-state index is 5.29. The van der Waals surface area contributed by atoms with Gasteiger partial charge in [-0.05, 0) is 49.6 Å². The number of hydrogen-bond acceptors (Lipinski definition) is 2. The maximum Gasteiger partial charge on any atom is 0.118 e. The van der Waals surface area contributed by atoms with Crippen molar-refractivity contribution in [1.29, 1.82) is 0 Å². The molecule has 2 aromatic carbocycles. The Morgan fingerprint density at radius 3 is 2.23 bits per heavy atom. The van der Waals surface area contributed by atoms with Crippen LogP contribution in [0.15, 0.2) is 48.5 Å². The summed E-state index contributed by atoms with van der Waals surface area (Å²) in [5.41, 5.74) is 4.03. The second kappa shape index (κ2) is 5.96. The molecule has 1 heterocycles. The second-order valence-electron chi connectivity index (χ2n) is 6.79. The van der Waals surface area contributed by atoms with Gasteiger partial charge in [0.2, 0.25) is 0 Å². The zero-order valence-electron chi connectivity index (χ0n) is 13.6. The first kappa shape index (κ1) is 16.9. The van der Waals surface area contributed by atoms with Gasteiger partial charge in [0.15, 0.2) is 0 Å². The number of fused-ring (bicyclic) bond motifs is 1. The van der Waals surface area contributed by atoms with Crippen LogP contribution in [0.3, 0.4) is 0 Å². The highest BCUT2D eigenvalue weighted by molar-refractivity contribution is 8.93. The Morgan fingerprint density at radius 2 is 1.59 bits per heavy atom. The fraction of sp³-hybridized carbons (Fsp3) is 0.368. The van der Waals surface area contributed by atoms with E-state index in [0.717, 1.165) is 12.2 Å². The minimum atomic E-state index is 0. The van der Waals surface area contributed by atoms with Crippen LogP contribution in [0.25, 0.3) is 0 Å². The first-order valence-electron chi connectivity index (χ1n) is 7.47. The summed E-state index contributed by atoms with van der Waals surface area (Å²) in [6.45, 7) is 6.88. The van der Waals surface area contributed by atoms with E-state index in [9.17, 15) is 0 Å². The third-order valence-corrected chi connectivity index (χ3v) is 4.52. The molecule has 0 saturated carbocycles. The van der Waals surface area contributed by atoms with Gasteiger partial charge in [-0.3, -0.25) is 0 Å². The van der Waals surface area contributed by atoms with Gasteiger partial charge in [0.25, 0.3) is 0 Å². The summed E-state index contributed by atoms with van der Waals surface area (Å²) in [6, 6.07) is 17.1. The molecular formula is C19H24BrNO. The molecule has 2 aromatic rings. The Kier molecular flexibility index (Phi) is 4.57. The number of anilines is 1. The van der Waals surface area contributed by atoms with E-state index in [4.69, 9.17) is 4.74 Å². The normalized spacial score (nSPS) is 22.0. The average Bonchev–Trinajstić information content (AvgIpc) is 2.46. The highest BCUT2D eigenvalue weighted by Crippen LogP contribution is 2.47. The van der Waals surface area contributed by atoms with Crippen LogP contribution >= 0.6 is 17.0 Å². The molecule has 22 heavy (non-hydrogen) atoms. The summed E-state index contributed by atoms with van der Waals surface area (Å²) in [6.07, 6.45) is 1.06. The monoisotopic (exact) mass is 361 g/mol. The van der Waals surface area contributed by atoms with Crippen LogP contribution in [0.4, 0.5) is 5.69 Å². The molecule has 118 valence electrons. The predicted molar refractivity (Wildman–Crippen MR) is 98.5 cm³/mol. The minimum Gasteiger partial charge on any atom is -0.497 e. The summed E-state index contributed by atoms with van der Waals surface area (Å²) >= 11 is 0. The van der Waals surface area contributed by atoms with Gasteiger partial charge in [-0.1, -0.05) is 37.3 Å². The van der Waals surface area contributed by atoms with Crippen LogP contribution < -0.4 is 10.1 Å². The van der Waals surface area contributed by atoms with E-state index in [1.807, 2.05) is 0 Å². The Morgan fingerprint density at radius 1 is 0.955 bits per heavy atom. The van der Waals surface area contributed by atoms with Crippen LogP contribution in [0.2, 0.25) is 0 Å². The van der Waals surface area contributed by atoms with Crippen LogP contribution in [0.1, 0.15) is 38.3 Å². The smallest absolute Gasteiger partial charge is 0.118 e. The molecule has 0 aromatic heterocycles. The van der Waals surface area contributed by atoms with Gasteiger partial charge in [-0.25, -0.2) is 0 Å². The van der Waals surface area contributed by atoms with E-state index >= 15 is 0 Å². The number of rotatable bonds is 2. The highest BCUT2D eigenvalue weighted by atomic mass is 79.9. The molecule has 2 nitrogen and oxygen atoms in total. The lowest BCUT2D eigenvalue weighted by atomic mass is 9.66. The Labute approximate surface area is 143 Å². The van der Waals surface area contributed by atoms with Crippen molar-refractivity contribution in [1.82, 2.24) is 0 Å². The largest absolute Gasteiger partial charge is 0.497 e. The van der Waals surface area contributed by atoms with Crippen molar-refractivity contribution in [3.05, 3.63) is 59.7 Å². The lowest BCUT2D eigenvalue weighted by molar-refractivity contribution is 0.377. The first-order chi connectivity index (χ1) is 9.94. The van der Waals surface area contributed by atoms with Gasteiger partial charge in [0.1, 0.15) is 5.75 Å². The molecule has 1 aliphatic rings. The maximum atomic E-state index is 5.29. The van der Waals surface area contributed by atoms with Crippen molar-refractivity contribution < 1.29 is 4.74 Å². The van der Waals surface area contributed by atoms with E-state index in [0.29, 0.717) is 0 Å². The van der Waals surface area contributed by atoms with Gasteiger partial charge >= 0.3 is 0 Å². The van der Waals surface area contributed by atoms with E-state index < -0.39 is 0 Å². The molecule has 0 bridgehead atoms. The molecule has 1 aliphatic heterocycles. The molecule has 1 atom stereocenters. The topological polar surface area (TPSA) is 21.3 Å². The number of hydrogen-bond donors (Lipinski definition) is 1. The van der Waals surface area contributed by atoms with Crippen LogP contribution in [0, 0.1) is 0 Å². The minimum absolute atomic E-state index is 0. The zero-order chi connectivity index (χ0) is 15.1. The second-order valence-corrected chi connectivity index (χ2v) is 6.79. The lowest BCUT2D eigenvalue weighted by Gasteiger charge is -2.45. The van der Waals surface area contributed by atoms with Gasteiger partial charge < -0.3 is 10.1 Å². The van der Waals surface area contributed by atoms with Gasteiger partial charge in [-0.15, -0.1) is 17.0 Å². The van der Waals surface area contributed by atoms with E-state index in [1.165, 1.54) is 16.8 Å². The van der Waals surface area contributed by atoms with E-state index in [2.05, 4.69) is 74.6 Å². The Hall–Kier alpha value is -1.48. The lowest BCUT2D eigenvalue weighted by Crippen LogP contribution is -2.45. The average molecular weight is 362 g/mol. The van der Waals surface area contributed by atoms with Crippen molar-refractivity contribution >= 4 is 22.7 Å². The summed E-state index contributed by atoms with van der Waals surface area (Å²) in [4.78, 5) is 0. The highest BCUT2D eigenvalue weighted by Gasteiger charge is 2.41. The fourth-order valence-corrected chi connectivity index (χ4v) is 3.68. The van der Waals surface area contributed by atoms with Crippen molar-refractivity contribution in [2.75, 3.05) is 12.4 Å². The molecule has 1 unspecified atom stereocenters. The van der Waals surface area contributed by atoms with Crippen molar-refractivity contribution in [3.63, 3.8) is 0 Å². The quantitative estimate of drug-likeness (QED) is 0.796. The summed E-state index contributed by atoms with van der Waals surface area (Å²) in [5.74, 6) is 0.906. The standard InChI is InChI=1S/C19H23NO.BrH/c1-18(2)13-19(3,14-9-11-15(21-4)12-10-14)16-7-5-6-8-17(16)20-18;/h5-12,20H,13H2,1-4H3;1H. The number of ether oxygens (including phenoxy) is 1. The summed E-state index contributed by atoms with van der Waals surface area (Å²) < 4.78 is 5.29. The summed E-state index contributed by atoms with van der Waals surface area (Å²) in [5, 5.41) is 3.66. The van der Waals surface area contributed by atoms with Gasteiger partial charge in [-0.2, -0.15) is 0 Å². The summed E-state index contributed by atoms with van der Waals surface area (Å²) in [7, 11) is 1.71. The van der Waals surface area contributed by atoms with Gasteiger partial charge in [0, 0.05) is 16.6 Å². The molecule has 0 spiro atoms. The third kappa shape index (κ3) is 2.87. The number of nitrogens with one attached hydrogen (secondary N) is 1. The zero-order valence-corrected chi connectivity index (χ0v) is 15.4. The molecule has 0 amide bonds. The van der Waals surface area contributed by atoms with Gasteiger partial charge in [0.05, 0.1) is 7.11 Å². The number of halogens is 1. The van der Waals surface area contributed by atoms with Crippen LogP contribution in [-0.2, 0) is 5.41 Å².